The summed E-state index contributed by atoms with van der Waals surface area (Å²) >= 11 is 1.64. The molecule has 0 radical (unpaired) electrons. The van der Waals surface area contributed by atoms with Gasteiger partial charge in [-0.1, -0.05) is 25.0 Å². The Bertz CT molecular complexity index is 772. The van der Waals surface area contributed by atoms with E-state index in [0.29, 0.717) is 6.54 Å². The number of amides is 2. The van der Waals surface area contributed by atoms with Crippen molar-refractivity contribution in [3.63, 3.8) is 0 Å². The molecular formula is C19H21F3N2OS. The zero-order valence-corrected chi connectivity index (χ0v) is 15.3. The maximum atomic E-state index is 13.2. The number of nitrogens with zero attached hydrogens (tertiary/aromatic N) is 1. The van der Waals surface area contributed by atoms with E-state index in [1.165, 1.54) is 18.2 Å². The number of para-hydroxylation sites is 1. The molecule has 1 atom stereocenters. The van der Waals surface area contributed by atoms with E-state index in [4.69, 9.17) is 0 Å². The molecule has 3 rings (SSSR count). The van der Waals surface area contributed by atoms with Crippen molar-refractivity contribution in [3.8, 4) is 0 Å². The number of halogens is 3. The SMILES string of the molecule is Cc1ccc([C@H]2CCCCCN2C(=O)Nc2ccccc2C(F)(F)F)s1. The van der Waals surface area contributed by atoms with Crippen LogP contribution in [0, 0.1) is 6.92 Å². The average Bonchev–Trinajstić information content (AvgIpc) is 2.87. The first kappa shape index (κ1) is 18.8. The number of anilines is 1. The van der Waals surface area contributed by atoms with Gasteiger partial charge in [-0.3, -0.25) is 0 Å². The van der Waals surface area contributed by atoms with Crippen molar-refractivity contribution < 1.29 is 18.0 Å². The van der Waals surface area contributed by atoms with E-state index in [9.17, 15) is 18.0 Å². The number of nitrogens with one attached hydrogen (secondary N) is 1. The van der Waals surface area contributed by atoms with Crippen LogP contribution in [0.5, 0.6) is 0 Å². The topological polar surface area (TPSA) is 32.3 Å². The van der Waals surface area contributed by atoms with Gasteiger partial charge in [0.1, 0.15) is 0 Å². The van der Waals surface area contributed by atoms with E-state index in [0.717, 1.165) is 41.5 Å². The second-order valence-electron chi connectivity index (χ2n) is 6.48. The zero-order chi connectivity index (χ0) is 18.7. The predicted octanol–water partition coefficient (Wildman–Crippen LogP) is 6.22. The monoisotopic (exact) mass is 382 g/mol. The van der Waals surface area contributed by atoms with Gasteiger partial charge in [0.15, 0.2) is 0 Å². The maximum Gasteiger partial charge on any atom is 0.418 e. The van der Waals surface area contributed by atoms with E-state index in [1.54, 1.807) is 16.2 Å². The van der Waals surface area contributed by atoms with E-state index in [-0.39, 0.29) is 11.7 Å². The maximum absolute atomic E-state index is 13.2. The van der Waals surface area contributed by atoms with Crippen LogP contribution in [-0.2, 0) is 6.18 Å². The number of carbonyl (C=O) groups is 1. The van der Waals surface area contributed by atoms with Gasteiger partial charge in [-0.2, -0.15) is 13.2 Å². The van der Waals surface area contributed by atoms with Crippen LogP contribution in [0.25, 0.3) is 0 Å². The first-order valence-corrected chi connectivity index (χ1v) is 9.48. The highest BCUT2D eigenvalue weighted by Gasteiger charge is 2.35. The lowest BCUT2D eigenvalue weighted by Gasteiger charge is -2.30. The van der Waals surface area contributed by atoms with E-state index >= 15 is 0 Å². The van der Waals surface area contributed by atoms with Crippen LogP contribution < -0.4 is 5.32 Å². The number of carbonyl (C=O) groups excluding carboxylic acids is 1. The summed E-state index contributed by atoms with van der Waals surface area (Å²) < 4.78 is 39.6. The second kappa shape index (κ2) is 7.70. The molecule has 140 valence electrons. The minimum Gasteiger partial charge on any atom is -0.317 e. The molecule has 0 unspecified atom stereocenters. The third-order valence-corrected chi connectivity index (χ3v) is 5.68. The number of alkyl halides is 3. The summed E-state index contributed by atoms with van der Waals surface area (Å²) in [4.78, 5) is 16.8. The highest BCUT2D eigenvalue weighted by atomic mass is 32.1. The molecular weight excluding hydrogens is 361 g/mol. The molecule has 1 aliphatic rings. The van der Waals surface area contributed by atoms with Crippen LogP contribution in [0.2, 0.25) is 0 Å². The summed E-state index contributed by atoms with van der Waals surface area (Å²) in [6, 6.07) is 8.56. The van der Waals surface area contributed by atoms with Crippen LogP contribution in [0.3, 0.4) is 0 Å². The quantitative estimate of drug-likeness (QED) is 0.656. The summed E-state index contributed by atoms with van der Waals surface area (Å²) in [5.41, 5.74) is -1.03. The van der Waals surface area contributed by atoms with Crippen LogP contribution in [0.15, 0.2) is 36.4 Å². The molecule has 0 spiro atoms. The van der Waals surface area contributed by atoms with Crippen LogP contribution in [0.1, 0.15) is 47.0 Å². The van der Waals surface area contributed by atoms with Crippen LogP contribution in [-0.4, -0.2) is 17.5 Å². The van der Waals surface area contributed by atoms with E-state index in [1.807, 2.05) is 19.1 Å². The van der Waals surface area contributed by atoms with Crippen LogP contribution in [0.4, 0.5) is 23.7 Å². The fraction of sp³-hybridized carbons (Fsp3) is 0.421. The molecule has 2 amide bonds. The Morgan fingerprint density at radius 3 is 2.62 bits per heavy atom. The summed E-state index contributed by atoms with van der Waals surface area (Å²) in [7, 11) is 0. The largest absolute Gasteiger partial charge is 0.418 e. The number of thiophene rings is 1. The van der Waals surface area contributed by atoms with Crippen molar-refractivity contribution in [2.75, 3.05) is 11.9 Å². The third kappa shape index (κ3) is 4.20. The van der Waals surface area contributed by atoms with Gasteiger partial charge >= 0.3 is 12.2 Å². The molecule has 0 aliphatic carbocycles. The van der Waals surface area contributed by atoms with E-state index in [2.05, 4.69) is 5.32 Å². The fourth-order valence-corrected chi connectivity index (χ4v) is 4.33. The number of hydrogen-bond acceptors (Lipinski definition) is 2. The number of hydrogen-bond donors (Lipinski definition) is 1. The molecule has 1 N–H and O–H groups in total. The lowest BCUT2D eigenvalue weighted by molar-refractivity contribution is -0.136. The van der Waals surface area contributed by atoms with Crippen molar-refractivity contribution in [1.82, 2.24) is 4.90 Å². The summed E-state index contributed by atoms with van der Waals surface area (Å²) in [6.07, 6.45) is -0.801. The second-order valence-corrected chi connectivity index (χ2v) is 7.80. The Hall–Kier alpha value is -2.02. The average molecular weight is 382 g/mol. The lowest BCUT2D eigenvalue weighted by Crippen LogP contribution is -2.38. The molecule has 1 aliphatic heterocycles. The minimum absolute atomic E-state index is 0.0887. The molecule has 1 fully saturated rings. The van der Waals surface area contributed by atoms with Crippen molar-refractivity contribution >= 4 is 23.1 Å². The number of aryl methyl sites for hydroxylation is 1. The normalized spacial score (nSPS) is 18.5. The fourth-order valence-electron chi connectivity index (χ4n) is 3.31. The Balaban J connectivity index is 1.85. The summed E-state index contributed by atoms with van der Waals surface area (Å²) in [6.45, 7) is 2.55. The third-order valence-electron chi connectivity index (χ3n) is 4.58. The first-order valence-electron chi connectivity index (χ1n) is 8.66. The Kier molecular flexibility index (Phi) is 5.55. The lowest BCUT2D eigenvalue weighted by atomic mass is 10.1. The highest BCUT2D eigenvalue weighted by molar-refractivity contribution is 7.12. The number of benzene rings is 1. The number of urea groups is 1. The standard InChI is InChI=1S/C19H21F3N2OS/c1-13-10-11-17(26-13)16-9-3-2-6-12-24(16)18(25)23-15-8-5-4-7-14(15)19(20,21)22/h4-5,7-8,10-11,16H,2-3,6,9,12H2,1H3,(H,23,25)/t16-/m1/s1. The van der Waals surface area contributed by atoms with Gasteiger partial charge in [-0.25, -0.2) is 4.79 Å². The van der Waals surface area contributed by atoms with Crippen LogP contribution >= 0.6 is 11.3 Å². The van der Waals surface area contributed by atoms with Gasteiger partial charge in [0.05, 0.1) is 17.3 Å². The van der Waals surface area contributed by atoms with Crippen molar-refractivity contribution in [1.29, 1.82) is 0 Å². The van der Waals surface area contributed by atoms with Crippen molar-refractivity contribution in [3.05, 3.63) is 51.7 Å². The molecule has 2 aromatic rings. The molecule has 1 saturated heterocycles. The van der Waals surface area contributed by atoms with Gasteiger partial charge < -0.3 is 10.2 Å². The molecule has 1 aromatic carbocycles. The minimum atomic E-state index is -4.51. The van der Waals surface area contributed by atoms with Gasteiger partial charge in [-0.05, 0) is 44.0 Å². The van der Waals surface area contributed by atoms with Gasteiger partial charge in [0.25, 0.3) is 0 Å². The number of rotatable bonds is 2. The first-order chi connectivity index (χ1) is 12.4. The van der Waals surface area contributed by atoms with Crippen molar-refractivity contribution in [2.24, 2.45) is 0 Å². The van der Waals surface area contributed by atoms with Crippen molar-refractivity contribution in [2.45, 2.75) is 44.8 Å². The summed E-state index contributed by atoms with van der Waals surface area (Å²) in [5.74, 6) is 0. The van der Waals surface area contributed by atoms with Gasteiger partial charge in [0, 0.05) is 16.3 Å². The van der Waals surface area contributed by atoms with Gasteiger partial charge in [0.2, 0.25) is 0 Å². The molecule has 0 saturated carbocycles. The Morgan fingerprint density at radius 1 is 1.15 bits per heavy atom. The van der Waals surface area contributed by atoms with E-state index < -0.39 is 17.8 Å². The smallest absolute Gasteiger partial charge is 0.317 e. The highest BCUT2D eigenvalue weighted by Crippen LogP contribution is 2.37. The van der Waals surface area contributed by atoms with Gasteiger partial charge in [-0.15, -0.1) is 11.3 Å². The molecule has 26 heavy (non-hydrogen) atoms. The molecule has 7 heteroatoms. The zero-order valence-electron chi connectivity index (χ0n) is 14.5. The Labute approximate surface area is 154 Å². The number of likely N-dealkylation sites (tertiary alicyclic amines) is 1. The molecule has 2 heterocycles. The molecule has 0 bridgehead atoms. The molecule has 1 aromatic heterocycles. The predicted molar refractivity (Wildman–Crippen MR) is 97.4 cm³/mol. The molecule has 3 nitrogen and oxygen atoms in total. The Morgan fingerprint density at radius 2 is 1.92 bits per heavy atom. The summed E-state index contributed by atoms with van der Waals surface area (Å²) in [5, 5.41) is 2.49.